The summed E-state index contributed by atoms with van der Waals surface area (Å²) in [5.41, 5.74) is 4.04. The van der Waals surface area contributed by atoms with Gasteiger partial charge in [-0.2, -0.15) is 0 Å². The Kier molecular flexibility index (Phi) is 6.79. The van der Waals surface area contributed by atoms with E-state index in [1.165, 1.54) is 32.2 Å². The van der Waals surface area contributed by atoms with E-state index in [4.69, 9.17) is 4.74 Å². The lowest BCUT2D eigenvalue weighted by Gasteiger charge is -2.15. The summed E-state index contributed by atoms with van der Waals surface area (Å²) in [7, 11) is -2.65. The highest BCUT2D eigenvalue weighted by molar-refractivity contribution is 7.92. The van der Waals surface area contributed by atoms with Gasteiger partial charge < -0.3 is 15.0 Å². The van der Waals surface area contributed by atoms with Gasteiger partial charge in [-0.25, -0.2) is 8.42 Å². The molecular weight excluding hydrogens is 466 g/mol. The minimum absolute atomic E-state index is 0.0255. The van der Waals surface area contributed by atoms with Gasteiger partial charge in [-0.3, -0.25) is 14.3 Å². The van der Waals surface area contributed by atoms with E-state index in [1.54, 1.807) is 29.2 Å². The van der Waals surface area contributed by atoms with E-state index in [9.17, 15) is 18.0 Å². The van der Waals surface area contributed by atoms with E-state index < -0.39 is 15.9 Å². The summed E-state index contributed by atoms with van der Waals surface area (Å²) in [6.45, 7) is 4.15. The lowest BCUT2D eigenvalue weighted by Crippen LogP contribution is -2.25. The molecule has 35 heavy (non-hydrogen) atoms. The zero-order chi connectivity index (χ0) is 25.2. The van der Waals surface area contributed by atoms with Gasteiger partial charge in [-0.05, 0) is 72.5 Å². The predicted molar refractivity (Wildman–Crippen MR) is 136 cm³/mol. The number of ether oxygens (including phenoxy) is 1. The van der Waals surface area contributed by atoms with Crippen LogP contribution in [0.1, 0.15) is 35.3 Å². The van der Waals surface area contributed by atoms with Crippen molar-refractivity contribution in [2.24, 2.45) is 0 Å². The molecule has 0 saturated heterocycles. The third kappa shape index (κ3) is 5.14. The van der Waals surface area contributed by atoms with Crippen LogP contribution in [0, 0.1) is 0 Å². The maximum Gasteiger partial charge on any atom is 0.265 e. The number of anilines is 3. The average molecular weight is 494 g/mol. The number of fused-ring (bicyclic) bond motifs is 1. The molecule has 2 N–H and O–H groups in total. The van der Waals surface area contributed by atoms with Crippen LogP contribution in [0.3, 0.4) is 0 Å². The van der Waals surface area contributed by atoms with Crippen LogP contribution in [0.4, 0.5) is 17.1 Å². The second-order valence-corrected chi connectivity index (χ2v) is 9.89. The van der Waals surface area contributed by atoms with Crippen molar-refractivity contribution in [2.45, 2.75) is 31.6 Å². The lowest BCUT2D eigenvalue weighted by atomic mass is 10.1. The molecule has 2 amide bonds. The number of methoxy groups -OCH3 is 1. The van der Waals surface area contributed by atoms with Crippen LogP contribution in [-0.2, 0) is 27.7 Å². The van der Waals surface area contributed by atoms with Crippen molar-refractivity contribution in [3.8, 4) is 5.75 Å². The Bertz CT molecular complexity index is 1380. The van der Waals surface area contributed by atoms with Crippen molar-refractivity contribution in [1.29, 1.82) is 0 Å². The van der Waals surface area contributed by atoms with E-state index in [0.717, 1.165) is 23.2 Å². The molecular formula is C26H27N3O5S. The summed E-state index contributed by atoms with van der Waals surface area (Å²) >= 11 is 0. The van der Waals surface area contributed by atoms with E-state index in [0.29, 0.717) is 24.3 Å². The fraction of sp³-hybridized carbons (Fsp3) is 0.231. The molecule has 0 fully saturated rings. The SMILES string of the molecule is CCc1ccc(NS(=O)(=O)c2cc(C(=O)Nc3ccc4c(c3)CCN4C(C)=O)ccc2OC)cc1. The number of nitrogens with one attached hydrogen (secondary N) is 2. The lowest BCUT2D eigenvalue weighted by molar-refractivity contribution is -0.116. The number of aryl methyl sites for hydroxylation is 1. The van der Waals surface area contributed by atoms with Crippen LogP contribution in [0.25, 0.3) is 0 Å². The van der Waals surface area contributed by atoms with Gasteiger partial charge in [0.25, 0.3) is 15.9 Å². The first-order valence-electron chi connectivity index (χ1n) is 11.2. The van der Waals surface area contributed by atoms with E-state index in [1.807, 2.05) is 25.1 Å². The number of benzene rings is 3. The standard InChI is InChI=1S/C26H27N3O5S/c1-4-18-5-8-21(9-6-18)28-35(32,33)25-16-20(7-12-24(25)34-3)26(31)27-22-10-11-23-19(15-22)13-14-29(23)17(2)30/h5-12,15-16,28H,4,13-14H2,1-3H3,(H,27,31). The highest BCUT2D eigenvalue weighted by Gasteiger charge is 2.24. The highest BCUT2D eigenvalue weighted by atomic mass is 32.2. The number of hydrogen-bond acceptors (Lipinski definition) is 5. The Morgan fingerprint density at radius 1 is 1.00 bits per heavy atom. The first kappa shape index (κ1) is 24.3. The predicted octanol–water partition coefficient (Wildman–Crippen LogP) is 4.22. The van der Waals surface area contributed by atoms with Crippen LogP contribution >= 0.6 is 0 Å². The number of carbonyl (C=O) groups excluding carboxylic acids is 2. The average Bonchev–Trinajstić information content (AvgIpc) is 3.27. The third-order valence-corrected chi connectivity index (χ3v) is 7.35. The third-order valence-electron chi connectivity index (χ3n) is 5.94. The number of rotatable bonds is 7. The Labute approximate surface area is 205 Å². The normalized spacial score (nSPS) is 12.7. The smallest absolute Gasteiger partial charge is 0.265 e. The first-order chi connectivity index (χ1) is 16.7. The minimum Gasteiger partial charge on any atom is -0.495 e. The Balaban J connectivity index is 1.57. The monoisotopic (exact) mass is 493 g/mol. The maximum absolute atomic E-state index is 13.1. The zero-order valence-electron chi connectivity index (χ0n) is 19.8. The van der Waals surface area contributed by atoms with Crippen molar-refractivity contribution in [1.82, 2.24) is 0 Å². The highest BCUT2D eigenvalue weighted by Crippen LogP contribution is 2.31. The number of carbonyl (C=O) groups is 2. The van der Waals surface area contributed by atoms with Crippen molar-refractivity contribution in [3.63, 3.8) is 0 Å². The molecule has 0 saturated carbocycles. The van der Waals surface area contributed by atoms with Crippen LogP contribution in [0.15, 0.2) is 65.6 Å². The van der Waals surface area contributed by atoms with Crippen LogP contribution in [-0.4, -0.2) is 33.9 Å². The summed E-state index contributed by atoms with van der Waals surface area (Å²) in [6, 6.07) is 16.7. The summed E-state index contributed by atoms with van der Waals surface area (Å²) in [5, 5.41) is 2.81. The number of nitrogens with zero attached hydrogens (tertiary/aromatic N) is 1. The molecule has 3 aromatic carbocycles. The summed E-state index contributed by atoms with van der Waals surface area (Å²) < 4.78 is 34.1. The molecule has 0 aliphatic carbocycles. The van der Waals surface area contributed by atoms with Gasteiger partial charge in [0.2, 0.25) is 5.91 Å². The molecule has 1 heterocycles. The summed E-state index contributed by atoms with van der Waals surface area (Å²) in [5.74, 6) is -0.360. The molecule has 182 valence electrons. The Morgan fingerprint density at radius 3 is 2.37 bits per heavy atom. The van der Waals surface area contributed by atoms with Gasteiger partial charge in [0.05, 0.1) is 7.11 Å². The summed E-state index contributed by atoms with van der Waals surface area (Å²) in [4.78, 5) is 26.3. The van der Waals surface area contributed by atoms with Crippen molar-refractivity contribution < 1.29 is 22.7 Å². The molecule has 1 aliphatic rings. The molecule has 4 rings (SSSR count). The van der Waals surface area contributed by atoms with E-state index in [2.05, 4.69) is 10.0 Å². The number of amides is 2. The quantitative estimate of drug-likeness (QED) is 0.513. The Morgan fingerprint density at radius 2 is 1.71 bits per heavy atom. The largest absolute Gasteiger partial charge is 0.495 e. The molecule has 0 radical (unpaired) electrons. The molecule has 0 spiro atoms. The molecule has 1 aliphatic heterocycles. The van der Waals surface area contributed by atoms with Gasteiger partial charge >= 0.3 is 0 Å². The molecule has 8 nitrogen and oxygen atoms in total. The first-order valence-corrected chi connectivity index (χ1v) is 12.7. The molecule has 9 heteroatoms. The molecule has 0 atom stereocenters. The second kappa shape index (κ2) is 9.79. The van der Waals surface area contributed by atoms with Gasteiger partial charge in [-0.1, -0.05) is 19.1 Å². The fourth-order valence-electron chi connectivity index (χ4n) is 4.06. The van der Waals surface area contributed by atoms with Gasteiger partial charge in [0.15, 0.2) is 0 Å². The van der Waals surface area contributed by atoms with Crippen LogP contribution in [0.2, 0.25) is 0 Å². The number of hydrogen-bond donors (Lipinski definition) is 2. The molecule has 0 aromatic heterocycles. The second-order valence-electron chi connectivity index (χ2n) is 8.24. The van der Waals surface area contributed by atoms with Gasteiger partial charge in [0, 0.05) is 36.1 Å². The zero-order valence-corrected chi connectivity index (χ0v) is 20.6. The molecule has 0 bridgehead atoms. The number of sulfonamides is 1. The minimum atomic E-state index is -4.02. The van der Waals surface area contributed by atoms with Crippen molar-refractivity contribution in [2.75, 3.05) is 28.6 Å². The maximum atomic E-state index is 13.1. The van der Waals surface area contributed by atoms with Crippen LogP contribution in [0.5, 0.6) is 5.75 Å². The van der Waals surface area contributed by atoms with Gasteiger partial charge in [0.1, 0.15) is 10.6 Å². The van der Waals surface area contributed by atoms with Crippen LogP contribution < -0.4 is 19.7 Å². The Hall–Kier alpha value is -3.85. The van der Waals surface area contributed by atoms with E-state index >= 15 is 0 Å². The molecule has 3 aromatic rings. The fourth-order valence-corrected chi connectivity index (χ4v) is 5.31. The van der Waals surface area contributed by atoms with Crippen molar-refractivity contribution >= 4 is 38.9 Å². The molecule has 0 unspecified atom stereocenters. The van der Waals surface area contributed by atoms with E-state index in [-0.39, 0.29) is 22.1 Å². The van der Waals surface area contributed by atoms with Gasteiger partial charge in [-0.15, -0.1) is 0 Å². The topological polar surface area (TPSA) is 105 Å². The summed E-state index contributed by atoms with van der Waals surface area (Å²) in [6.07, 6.45) is 1.55. The van der Waals surface area contributed by atoms with Crippen molar-refractivity contribution in [3.05, 3.63) is 77.4 Å².